The molecule has 12 heteroatoms. The molecule has 1 spiro atoms. The highest BCUT2D eigenvalue weighted by Crippen LogP contribution is 2.59. The Balaban J connectivity index is 1.29. The lowest BCUT2D eigenvalue weighted by Crippen LogP contribution is -2.50. The predicted octanol–water partition coefficient (Wildman–Crippen LogP) is 7.73. The first-order valence-corrected chi connectivity index (χ1v) is 18.3. The fourth-order valence-electron chi connectivity index (χ4n) is 8.26. The van der Waals surface area contributed by atoms with Gasteiger partial charge >= 0.3 is 6.36 Å². The van der Waals surface area contributed by atoms with Gasteiger partial charge in [-0.3, -0.25) is 4.74 Å². The maximum absolute atomic E-state index is 13.8. The van der Waals surface area contributed by atoms with Crippen LogP contribution in [-0.2, 0) is 14.8 Å². The van der Waals surface area contributed by atoms with E-state index in [4.69, 9.17) is 4.74 Å². The van der Waals surface area contributed by atoms with E-state index in [-0.39, 0.29) is 41.2 Å². The van der Waals surface area contributed by atoms with Crippen LogP contribution in [0.2, 0.25) is 0 Å². The fraction of sp³-hybridized carbons (Fsp3) is 0.556. The molecule has 6 rings (SSSR count). The van der Waals surface area contributed by atoms with Crippen molar-refractivity contribution in [3.8, 4) is 17.1 Å². The quantitative estimate of drug-likeness (QED) is 0.272. The topological polar surface area (TPSA) is 93.7 Å². The molecule has 3 heterocycles. The van der Waals surface area contributed by atoms with Crippen LogP contribution < -0.4 is 9.46 Å². The molecule has 48 heavy (non-hydrogen) atoms. The number of aryl methyl sites for hydroxylation is 2. The van der Waals surface area contributed by atoms with Gasteiger partial charge in [0.25, 0.3) is 10.0 Å². The van der Waals surface area contributed by atoms with Crippen molar-refractivity contribution in [2.45, 2.75) is 77.0 Å². The predicted molar refractivity (Wildman–Crippen MR) is 178 cm³/mol. The van der Waals surface area contributed by atoms with E-state index in [9.17, 15) is 21.6 Å². The second kappa shape index (κ2) is 13.6. The summed E-state index contributed by atoms with van der Waals surface area (Å²) in [7, 11) is -4.01. The van der Waals surface area contributed by atoms with E-state index in [2.05, 4.69) is 38.2 Å². The SMILES string of the molecule is Cc1cccc(C)c1-c1cc2nc(n1)NS(=O)(=O)c1cccc(c1)C(C1CC3(CCN(CCOC(F)(F)F)CC3)C1)[C@H](CC(C)C)CO2. The molecule has 4 bridgehead atoms. The van der Waals surface area contributed by atoms with E-state index in [1.807, 2.05) is 44.2 Å². The summed E-state index contributed by atoms with van der Waals surface area (Å²) in [6.07, 6.45) is 0.115. The first-order chi connectivity index (χ1) is 22.7. The Bertz CT molecular complexity index is 1700. The van der Waals surface area contributed by atoms with Crippen molar-refractivity contribution in [2.24, 2.45) is 23.2 Å². The number of nitrogens with one attached hydrogen (secondary N) is 1. The lowest BCUT2D eigenvalue weighted by molar-refractivity contribution is -0.325. The van der Waals surface area contributed by atoms with Crippen molar-refractivity contribution in [1.29, 1.82) is 0 Å². The normalized spacial score (nSPS) is 22.7. The lowest BCUT2D eigenvalue weighted by atomic mass is 9.52. The van der Waals surface area contributed by atoms with Crippen LogP contribution in [0.3, 0.4) is 0 Å². The number of sulfonamides is 1. The molecule has 1 N–H and O–H groups in total. The van der Waals surface area contributed by atoms with Crippen molar-refractivity contribution in [3.05, 3.63) is 65.2 Å². The number of likely N-dealkylation sites (tertiary alicyclic amines) is 1. The Hall–Kier alpha value is -3.22. The molecule has 260 valence electrons. The lowest BCUT2D eigenvalue weighted by Gasteiger charge is -2.55. The minimum absolute atomic E-state index is 0.0367. The molecular formula is C36H45F3N4O4S. The van der Waals surface area contributed by atoms with Gasteiger partial charge in [-0.15, -0.1) is 13.2 Å². The summed E-state index contributed by atoms with van der Waals surface area (Å²) in [5, 5.41) is 0. The summed E-state index contributed by atoms with van der Waals surface area (Å²) in [6.45, 7) is 10.2. The van der Waals surface area contributed by atoms with Crippen molar-refractivity contribution < 1.29 is 31.1 Å². The molecule has 1 saturated carbocycles. The molecular weight excluding hydrogens is 641 g/mol. The molecule has 0 amide bonds. The summed E-state index contributed by atoms with van der Waals surface area (Å²) in [6, 6.07) is 15.0. The molecule has 8 nitrogen and oxygen atoms in total. The number of halogens is 3. The number of anilines is 1. The number of nitrogens with zero attached hydrogens (tertiary/aromatic N) is 3. The molecule has 2 aromatic carbocycles. The Morgan fingerprint density at radius 2 is 1.73 bits per heavy atom. The highest BCUT2D eigenvalue weighted by Gasteiger charge is 2.50. The summed E-state index contributed by atoms with van der Waals surface area (Å²) >= 11 is 0. The zero-order valence-electron chi connectivity index (χ0n) is 28.0. The van der Waals surface area contributed by atoms with Crippen molar-refractivity contribution in [2.75, 3.05) is 37.6 Å². The van der Waals surface area contributed by atoms with E-state index in [0.717, 1.165) is 67.4 Å². The molecule has 3 aromatic rings. The molecule has 1 aliphatic carbocycles. The van der Waals surface area contributed by atoms with E-state index < -0.39 is 16.4 Å². The van der Waals surface area contributed by atoms with Crippen molar-refractivity contribution in [3.63, 3.8) is 0 Å². The van der Waals surface area contributed by atoms with Gasteiger partial charge in [-0.1, -0.05) is 44.2 Å². The first-order valence-electron chi connectivity index (χ1n) is 16.8. The van der Waals surface area contributed by atoms with E-state index in [0.29, 0.717) is 30.0 Å². The van der Waals surface area contributed by atoms with Gasteiger partial charge in [0.15, 0.2) is 0 Å². The van der Waals surface area contributed by atoms with Gasteiger partial charge in [0, 0.05) is 24.1 Å². The number of piperidine rings is 1. The number of fused-ring (bicyclic) bond motifs is 4. The highest BCUT2D eigenvalue weighted by atomic mass is 32.2. The molecule has 2 fully saturated rings. The summed E-state index contributed by atoms with van der Waals surface area (Å²) in [5.41, 5.74) is 4.66. The third-order valence-corrected chi connectivity index (χ3v) is 11.8. The van der Waals surface area contributed by atoms with Crippen LogP contribution in [0.25, 0.3) is 11.3 Å². The van der Waals surface area contributed by atoms with Gasteiger partial charge in [-0.05, 0) is 111 Å². The Labute approximate surface area is 281 Å². The minimum Gasteiger partial charge on any atom is -0.477 e. The van der Waals surface area contributed by atoms with Gasteiger partial charge in [-0.2, -0.15) is 4.98 Å². The second-order valence-electron chi connectivity index (χ2n) is 14.4. The second-order valence-corrected chi connectivity index (χ2v) is 16.1. The highest BCUT2D eigenvalue weighted by molar-refractivity contribution is 7.92. The molecule has 1 unspecified atom stereocenters. The molecule has 2 aliphatic heterocycles. The average molecular weight is 687 g/mol. The van der Waals surface area contributed by atoms with Crippen LogP contribution in [0.1, 0.15) is 68.6 Å². The number of aromatic nitrogens is 2. The summed E-state index contributed by atoms with van der Waals surface area (Å²) in [5.74, 6) is 1.14. The molecule has 1 saturated heterocycles. The van der Waals surface area contributed by atoms with Crippen LogP contribution in [0.5, 0.6) is 5.88 Å². The Kier molecular flexibility index (Phi) is 9.81. The number of rotatable bonds is 7. The monoisotopic (exact) mass is 686 g/mol. The van der Waals surface area contributed by atoms with Crippen LogP contribution in [0.15, 0.2) is 53.4 Å². The van der Waals surface area contributed by atoms with Crippen LogP contribution >= 0.6 is 0 Å². The standard InChI is InChI=1S/C36H45F3N4O4S/c1-23(2)17-27-22-46-31-19-30(32-24(3)7-5-8-25(32)4)40-34(41-31)42-48(44,45)29-10-6-9-26(18-29)33(27)28-20-35(21-28)11-13-43(14-12-35)15-16-47-36(37,38)39/h5-10,18-19,23,27-28,33H,11-17,20-22H2,1-4H3,(H,40,41,42)/t27-,33?/m1/s1. The van der Waals surface area contributed by atoms with Gasteiger partial charge < -0.3 is 9.64 Å². The third kappa shape index (κ3) is 7.81. The summed E-state index contributed by atoms with van der Waals surface area (Å²) in [4.78, 5) is 11.4. The fourth-order valence-corrected chi connectivity index (χ4v) is 9.26. The van der Waals surface area contributed by atoms with Gasteiger partial charge in [0.2, 0.25) is 11.8 Å². The Morgan fingerprint density at radius 1 is 1.04 bits per heavy atom. The van der Waals surface area contributed by atoms with Crippen molar-refractivity contribution >= 4 is 16.0 Å². The molecule has 0 radical (unpaired) electrons. The van der Waals surface area contributed by atoms with E-state index in [1.165, 1.54) is 0 Å². The number of hydrogen-bond acceptors (Lipinski definition) is 7. The number of ether oxygens (including phenoxy) is 2. The average Bonchev–Trinajstić information content (AvgIpc) is 2.98. The minimum atomic E-state index is -4.60. The Morgan fingerprint density at radius 3 is 2.40 bits per heavy atom. The van der Waals surface area contributed by atoms with Crippen molar-refractivity contribution in [1.82, 2.24) is 14.9 Å². The third-order valence-electron chi connectivity index (χ3n) is 10.4. The van der Waals surface area contributed by atoms with Gasteiger partial charge in [-0.25, -0.2) is 18.1 Å². The number of benzene rings is 2. The van der Waals surface area contributed by atoms with Crippen LogP contribution in [0.4, 0.5) is 19.1 Å². The van der Waals surface area contributed by atoms with Crippen LogP contribution in [0, 0.1) is 37.0 Å². The zero-order valence-corrected chi connectivity index (χ0v) is 28.8. The van der Waals surface area contributed by atoms with E-state index >= 15 is 0 Å². The first kappa shape index (κ1) is 34.6. The molecule has 3 aliphatic rings. The molecule has 1 aromatic heterocycles. The largest absolute Gasteiger partial charge is 0.522 e. The maximum Gasteiger partial charge on any atom is 0.522 e. The maximum atomic E-state index is 13.8. The van der Waals surface area contributed by atoms with Crippen LogP contribution in [-0.4, -0.2) is 62.5 Å². The van der Waals surface area contributed by atoms with E-state index in [1.54, 1.807) is 18.2 Å². The smallest absolute Gasteiger partial charge is 0.477 e. The zero-order chi connectivity index (χ0) is 34.3. The number of alkyl halides is 3. The molecule has 2 atom stereocenters. The number of hydrogen-bond donors (Lipinski definition) is 1. The summed E-state index contributed by atoms with van der Waals surface area (Å²) < 4.78 is 78.1. The van der Waals surface area contributed by atoms with Gasteiger partial charge in [0.1, 0.15) is 0 Å². The van der Waals surface area contributed by atoms with Gasteiger partial charge in [0.05, 0.1) is 23.8 Å².